The van der Waals surface area contributed by atoms with Gasteiger partial charge in [-0.3, -0.25) is 4.79 Å². The second-order valence-corrected chi connectivity index (χ2v) is 7.60. The smallest absolute Gasteiger partial charge is 0.226 e. The molecule has 3 heterocycles. The van der Waals surface area contributed by atoms with Gasteiger partial charge < -0.3 is 10.6 Å². The summed E-state index contributed by atoms with van der Waals surface area (Å²) in [4.78, 5) is 17.5. The van der Waals surface area contributed by atoms with Crippen LogP contribution in [0.1, 0.15) is 18.5 Å². The van der Waals surface area contributed by atoms with E-state index in [2.05, 4.69) is 15.6 Å². The predicted octanol–water partition coefficient (Wildman–Crippen LogP) is 2.94. The van der Waals surface area contributed by atoms with Gasteiger partial charge in [-0.2, -0.15) is 0 Å². The quantitative estimate of drug-likeness (QED) is 0.879. The van der Waals surface area contributed by atoms with Crippen LogP contribution in [0.15, 0.2) is 17.5 Å². The first-order chi connectivity index (χ1) is 10.2. The molecule has 1 fully saturated rings. The third kappa shape index (κ3) is 4.03. The lowest BCUT2D eigenvalue weighted by molar-refractivity contribution is -0.120. The van der Waals surface area contributed by atoms with Gasteiger partial charge in [-0.1, -0.05) is 11.6 Å². The molecule has 0 aliphatic carbocycles. The van der Waals surface area contributed by atoms with E-state index in [1.807, 2.05) is 17.5 Å². The Morgan fingerprint density at radius 2 is 2.43 bits per heavy atom. The minimum atomic E-state index is 0.0322. The van der Waals surface area contributed by atoms with Crippen LogP contribution in [0, 0.1) is 0 Å². The standard InChI is InChI=1S/C14H16ClN3OS2/c15-12-4-3-11(21-12)14-18-10(8-20-14)6-13(19)17-7-9-2-1-5-16-9/h3-4,8-9,16H,1-2,5-7H2,(H,17,19)/t9-/m1/s1. The second kappa shape index (κ2) is 6.87. The normalized spacial score (nSPS) is 18.0. The van der Waals surface area contributed by atoms with Crippen molar-refractivity contribution in [2.75, 3.05) is 13.1 Å². The maximum absolute atomic E-state index is 11.9. The van der Waals surface area contributed by atoms with Gasteiger partial charge in [-0.25, -0.2) is 4.98 Å². The minimum absolute atomic E-state index is 0.0322. The van der Waals surface area contributed by atoms with Crippen molar-refractivity contribution in [3.8, 4) is 9.88 Å². The van der Waals surface area contributed by atoms with E-state index < -0.39 is 0 Å². The molecule has 21 heavy (non-hydrogen) atoms. The highest BCUT2D eigenvalue weighted by Gasteiger charge is 2.15. The van der Waals surface area contributed by atoms with Gasteiger partial charge in [0.25, 0.3) is 0 Å². The lowest BCUT2D eigenvalue weighted by atomic mass is 10.2. The van der Waals surface area contributed by atoms with Gasteiger partial charge in [-0.15, -0.1) is 22.7 Å². The van der Waals surface area contributed by atoms with Gasteiger partial charge in [0.15, 0.2) is 0 Å². The zero-order valence-corrected chi connectivity index (χ0v) is 13.8. The number of nitrogens with one attached hydrogen (secondary N) is 2. The van der Waals surface area contributed by atoms with Crippen molar-refractivity contribution in [1.82, 2.24) is 15.6 Å². The van der Waals surface area contributed by atoms with Gasteiger partial charge in [0.2, 0.25) is 5.91 Å². The molecule has 0 unspecified atom stereocenters. The molecule has 1 aliphatic heterocycles. The van der Waals surface area contributed by atoms with E-state index in [1.54, 1.807) is 11.3 Å². The molecular formula is C14H16ClN3OS2. The summed E-state index contributed by atoms with van der Waals surface area (Å²) in [5, 5.41) is 9.20. The highest BCUT2D eigenvalue weighted by molar-refractivity contribution is 7.23. The monoisotopic (exact) mass is 341 g/mol. The number of carbonyl (C=O) groups is 1. The fourth-order valence-electron chi connectivity index (χ4n) is 2.33. The molecule has 3 rings (SSSR count). The van der Waals surface area contributed by atoms with Crippen LogP contribution in [0.3, 0.4) is 0 Å². The van der Waals surface area contributed by atoms with Crippen LogP contribution in [-0.2, 0) is 11.2 Å². The zero-order valence-electron chi connectivity index (χ0n) is 11.4. The number of thiazole rings is 1. The first-order valence-electron chi connectivity index (χ1n) is 6.91. The molecule has 1 saturated heterocycles. The largest absolute Gasteiger partial charge is 0.354 e. The van der Waals surface area contributed by atoms with Gasteiger partial charge in [0.1, 0.15) is 5.01 Å². The Kier molecular flexibility index (Phi) is 4.90. The molecule has 2 N–H and O–H groups in total. The molecule has 0 bridgehead atoms. The zero-order chi connectivity index (χ0) is 14.7. The third-order valence-corrected chi connectivity index (χ3v) is 5.68. The SMILES string of the molecule is O=C(Cc1csc(-c2ccc(Cl)s2)n1)NC[C@H]1CCCN1. The number of hydrogen-bond donors (Lipinski definition) is 2. The van der Waals surface area contributed by atoms with Crippen molar-refractivity contribution < 1.29 is 4.79 Å². The summed E-state index contributed by atoms with van der Waals surface area (Å²) in [5.74, 6) is 0.0322. The number of rotatable bonds is 5. The van der Waals surface area contributed by atoms with Crippen molar-refractivity contribution in [2.24, 2.45) is 0 Å². The van der Waals surface area contributed by atoms with Gasteiger partial charge in [0.05, 0.1) is 21.3 Å². The van der Waals surface area contributed by atoms with Gasteiger partial charge in [-0.05, 0) is 31.5 Å². The first kappa shape index (κ1) is 15.0. The van der Waals surface area contributed by atoms with Crippen molar-refractivity contribution in [2.45, 2.75) is 25.3 Å². The fourth-order valence-corrected chi connectivity index (χ4v) is 4.26. The summed E-state index contributed by atoms with van der Waals surface area (Å²) >= 11 is 8.98. The maximum atomic E-state index is 11.9. The van der Waals surface area contributed by atoms with E-state index >= 15 is 0 Å². The highest BCUT2D eigenvalue weighted by atomic mass is 35.5. The lowest BCUT2D eigenvalue weighted by Crippen LogP contribution is -2.37. The van der Waals surface area contributed by atoms with E-state index in [-0.39, 0.29) is 5.91 Å². The third-order valence-electron chi connectivity index (χ3n) is 3.39. The van der Waals surface area contributed by atoms with E-state index in [9.17, 15) is 4.79 Å². The van der Waals surface area contributed by atoms with E-state index in [4.69, 9.17) is 11.6 Å². The molecule has 2 aromatic heterocycles. The second-order valence-electron chi connectivity index (χ2n) is 5.02. The minimum Gasteiger partial charge on any atom is -0.354 e. The van der Waals surface area contributed by atoms with E-state index in [0.29, 0.717) is 19.0 Å². The Morgan fingerprint density at radius 3 is 3.14 bits per heavy atom. The Labute approximate surface area is 136 Å². The molecule has 112 valence electrons. The number of carbonyl (C=O) groups excluding carboxylic acids is 1. The molecular weight excluding hydrogens is 326 g/mol. The first-order valence-corrected chi connectivity index (χ1v) is 8.98. The highest BCUT2D eigenvalue weighted by Crippen LogP contribution is 2.32. The Hall–Kier alpha value is -0.950. The van der Waals surface area contributed by atoms with Crippen LogP contribution in [0.5, 0.6) is 0 Å². The fraction of sp³-hybridized carbons (Fsp3) is 0.429. The Bertz CT molecular complexity index is 619. The van der Waals surface area contributed by atoms with Crippen molar-refractivity contribution in [1.29, 1.82) is 0 Å². The van der Waals surface area contributed by atoms with E-state index in [1.165, 1.54) is 17.8 Å². The molecule has 2 aromatic rings. The molecule has 0 aromatic carbocycles. The van der Waals surface area contributed by atoms with Crippen LogP contribution in [-0.4, -0.2) is 30.0 Å². The number of aromatic nitrogens is 1. The van der Waals surface area contributed by atoms with E-state index in [0.717, 1.165) is 32.9 Å². The summed E-state index contributed by atoms with van der Waals surface area (Å²) in [6.45, 7) is 1.76. The summed E-state index contributed by atoms with van der Waals surface area (Å²) in [6, 6.07) is 4.25. The van der Waals surface area contributed by atoms with Crippen LogP contribution >= 0.6 is 34.3 Å². The number of amides is 1. The summed E-state index contributed by atoms with van der Waals surface area (Å²) < 4.78 is 0.753. The molecule has 1 aliphatic rings. The molecule has 0 spiro atoms. The van der Waals surface area contributed by atoms with Crippen LogP contribution < -0.4 is 10.6 Å². The molecule has 0 saturated carbocycles. The number of nitrogens with zero attached hydrogens (tertiary/aromatic N) is 1. The van der Waals surface area contributed by atoms with Crippen molar-refractivity contribution in [3.63, 3.8) is 0 Å². The average molecular weight is 342 g/mol. The molecule has 1 amide bonds. The van der Waals surface area contributed by atoms with Gasteiger partial charge in [0, 0.05) is 18.0 Å². The summed E-state index contributed by atoms with van der Waals surface area (Å²) in [5.41, 5.74) is 0.816. The number of hydrogen-bond acceptors (Lipinski definition) is 5. The van der Waals surface area contributed by atoms with Crippen LogP contribution in [0.25, 0.3) is 9.88 Å². The molecule has 1 atom stereocenters. The lowest BCUT2D eigenvalue weighted by Gasteiger charge is -2.10. The maximum Gasteiger partial charge on any atom is 0.226 e. The van der Waals surface area contributed by atoms with Gasteiger partial charge >= 0.3 is 0 Å². The topological polar surface area (TPSA) is 54.0 Å². The number of halogens is 1. The van der Waals surface area contributed by atoms with Crippen LogP contribution in [0.2, 0.25) is 4.34 Å². The Balaban J connectivity index is 1.53. The summed E-state index contributed by atoms with van der Waals surface area (Å²) in [6.07, 6.45) is 2.67. The van der Waals surface area contributed by atoms with Crippen molar-refractivity contribution in [3.05, 3.63) is 27.5 Å². The Morgan fingerprint density at radius 1 is 1.52 bits per heavy atom. The molecule has 4 nitrogen and oxygen atoms in total. The predicted molar refractivity (Wildman–Crippen MR) is 88.2 cm³/mol. The summed E-state index contributed by atoms with van der Waals surface area (Å²) in [7, 11) is 0. The number of thiophene rings is 1. The average Bonchev–Trinajstić information content (AvgIpc) is 3.17. The van der Waals surface area contributed by atoms with Crippen LogP contribution in [0.4, 0.5) is 0 Å². The van der Waals surface area contributed by atoms with Crippen molar-refractivity contribution >= 4 is 40.2 Å². The molecule has 0 radical (unpaired) electrons. The molecule has 7 heteroatoms.